The van der Waals surface area contributed by atoms with Crippen molar-refractivity contribution >= 4 is 23.4 Å². The predicted molar refractivity (Wildman–Crippen MR) is 146 cm³/mol. The van der Waals surface area contributed by atoms with Gasteiger partial charge in [0, 0.05) is 48.0 Å². The molecule has 0 atom stereocenters. The Hall–Kier alpha value is -4.10. The fraction of sp³-hybridized carbons (Fsp3) is 0.200. The smallest absolute Gasteiger partial charge is 0.255 e. The maximum absolute atomic E-state index is 15.0. The molecule has 3 aromatic carbocycles. The van der Waals surface area contributed by atoms with Crippen LogP contribution in [0.4, 0.5) is 4.39 Å². The zero-order valence-corrected chi connectivity index (χ0v) is 21.9. The van der Waals surface area contributed by atoms with Crippen molar-refractivity contribution in [3.63, 3.8) is 0 Å². The normalized spacial score (nSPS) is 13.5. The summed E-state index contributed by atoms with van der Waals surface area (Å²) >= 11 is 5.94. The zero-order valence-electron chi connectivity index (χ0n) is 21.2. The van der Waals surface area contributed by atoms with E-state index < -0.39 is 0 Å². The quantitative estimate of drug-likeness (QED) is 0.324. The highest BCUT2D eigenvalue weighted by Gasteiger charge is 2.29. The first-order chi connectivity index (χ1) is 18.4. The van der Waals surface area contributed by atoms with Crippen molar-refractivity contribution in [2.75, 3.05) is 33.3 Å². The first kappa shape index (κ1) is 25.5. The van der Waals surface area contributed by atoms with Crippen molar-refractivity contribution in [2.45, 2.75) is 6.92 Å². The van der Waals surface area contributed by atoms with Crippen LogP contribution < -0.4 is 4.74 Å². The number of para-hydroxylation sites is 1. The van der Waals surface area contributed by atoms with Gasteiger partial charge in [0.25, 0.3) is 11.8 Å². The zero-order chi connectivity index (χ0) is 26.8. The van der Waals surface area contributed by atoms with Crippen LogP contribution in [0.5, 0.6) is 5.75 Å². The molecule has 0 spiro atoms. The SMILES string of the molecule is COc1cccc(-c2cc(C(=O)N3CCN(C(=O)c4ccc(Cl)cc4)CC3)c(C)n2-c2ccccc2F)c1. The molecule has 2 amide bonds. The number of carbonyl (C=O) groups is 2. The number of hydrogen-bond acceptors (Lipinski definition) is 3. The summed E-state index contributed by atoms with van der Waals surface area (Å²) in [4.78, 5) is 30.1. The molecule has 1 aromatic heterocycles. The highest BCUT2D eigenvalue weighted by atomic mass is 35.5. The van der Waals surface area contributed by atoms with E-state index in [9.17, 15) is 14.0 Å². The summed E-state index contributed by atoms with van der Waals surface area (Å²) in [5, 5.41) is 0.572. The van der Waals surface area contributed by atoms with Crippen LogP contribution in [-0.2, 0) is 0 Å². The second kappa shape index (κ2) is 10.7. The monoisotopic (exact) mass is 531 g/mol. The summed E-state index contributed by atoms with van der Waals surface area (Å²) < 4.78 is 22.1. The van der Waals surface area contributed by atoms with Gasteiger partial charge in [-0.15, -0.1) is 0 Å². The van der Waals surface area contributed by atoms with Crippen LogP contribution in [0.25, 0.3) is 16.9 Å². The molecule has 8 heteroatoms. The van der Waals surface area contributed by atoms with Crippen molar-refractivity contribution in [1.82, 2.24) is 14.4 Å². The summed E-state index contributed by atoms with van der Waals surface area (Å²) in [6.45, 7) is 3.46. The van der Waals surface area contributed by atoms with Crippen molar-refractivity contribution < 1.29 is 18.7 Å². The third kappa shape index (κ3) is 4.89. The molecule has 38 heavy (non-hydrogen) atoms. The Balaban J connectivity index is 1.44. The van der Waals surface area contributed by atoms with Gasteiger partial charge in [-0.05, 0) is 61.5 Å². The van der Waals surface area contributed by atoms with Crippen molar-refractivity contribution in [1.29, 1.82) is 0 Å². The van der Waals surface area contributed by atoms with Gasteiger partial charge >= 0.3 is 0 Å². The number of halogens is 2. The molecule has 1 saturated heterocycles. The number of nitrogens with zero attached hydrogens (tertiary/aromatic N) is 3. The molecule has 1 fully saturated rings. The first-order valence-electron chi connectivity index (χ1n) is 12.3. The standard InChI is InChI=1S/C30H27ClFN3O3/c1-20-25(30(37)34-16-14-33(15-17-34)29(36)21-10-12-23(31)13-11-21)19-28(22-6-5-7-24(18-22)38-2)35(20)27-9-4-3-8-26(27)32/h3-13,18-19H,14-17H2,1-2H3. The molecule has 0 unspecified atom stereocenters. The molecule has 0 bridgehead atoms. The Kier molecular flexibility index (Phi) is 7.20. The minimum atomic E-state index is -0.385. The molecule has 5 rings (SSSR count). The Labute approximate surface area is 225 Å². The number of rotatable bonds is 5. The van der Waals surface area contributed by atoms with Crippen molar-refractivity contribution in [2.24, 2.45) is 0 Å². The lowest BCUT2D eigenvalue weighted by molar-refractivity contribution is 0.0535. The lowest BCUT2D eigenvalue weighted by Gasteiger charge is -2.35. The maximum Gasteiger partial charge on any atom is 0.255 e. The van der Waals surface area contributed by atoms with Gasteiger partial charge in [-0.3, -0.25) is 9.59 Å². The molecule has 4 aromatic rings. The van der Waals surface area contributed by atoms with Gasteiger partial charge < -0.3 is 19.1 Å². The average molecular weight is 532 g/mol. The van der Waals surface area contributed by atoms with E-state index in [4.69, 9.17) is 16.3 Å². The van der Waals surface area contributed by atoms with Gasteiger partial charge in [0.05, 0.1) is 24.1 Å². The largest absolute Gasteiger partial charge is 0.497 e. The second-order valence-electron chi connectivity index (χ2n) is 9.14. The van der Waals surface area contributed by atoms with E-state index in [1.54, 1.807) is 63.9 Å². The van der Waals surface area contributed by atoms with E-state index in [0.717, 1.165) is 5.56 Å². The first-order valence-corrected chi connectivity index (χ1v) is 12.7. The van der Waals surface area contributed by atoms with Crippen LogP contribution in [0.2, 0.25) is 5.02 Å². The summed E-state index contributed by atoms with van der Waals surface area (Å²) in [5.74, 6) is 0.0377. The number of aromatic nitrogens is 1. The third-order valence-corrected chi connectivity index (χ3v) is 7.13. The summed E-state index contributed by atoms with van der Waals surface area (Å²) in [6.07, 6.45) is 0. The molecule has 0 aliphatic carbocycles. The third-order valence-electron chi connectivity index (χ3n) is 6.88. The second-order valence-corrected chi connectivity index (χ2v) is 9.58. The molecular weight excluding hydrogens is 505 g/mol. The van der Waals surface area contributed by atoms with Crippen LogP contribution in [-0.4, -0.2) is 59.5 Å². The number of ether oxygens (including phenoxy) is 1. The molecule has 6 nitrogen and oxygen atoms in total. The number of piperazine rings is 1. The molecule has 2 heterocycles. The van der Waals surface area contributed by atoms with E-state index in [0.29, 0.717) is 65.2 Å². The Morgan fingerprint density at radius 1 is 0.842 bits per heavy atom. The average Bonchev–Trinajstić information content (AvgIpc) is 3.29. The number of benzene rings is 3. The van der Waals surface area contributed by atoms with E-state index in [-0.39, 0.29) is 17.6 Å². The van der Waals surface area contributed by atoms with Gasteiger partial charge in [0.1, 0.15) is 11.6 Å². The highest BCUT2D eigenvalue weighted by molar-refractivity contribution is 6.30. The fourth-order valence-electron chi connectivity index (χ4n) is 4.82. The van der Waals surface area contributed by atoms with Gasteiger partial charge in [-0.25, -0.2) is 4.39 Å². The molecule has 0 N–H and O–H groups in total. The summed E-state index contributed by atoms with van der Waals surface area (Å²) in [5.41, 5.74) is 3.54. The maximum atomic E-state index is 15.0. The molecule has 1 aliphatic rings. The molecule has 194 valence electrons. The van der Waals surface area contributed by atoms with Crippen LogP contribution in [0, 0.1) is 12.7 Å². The van der Waals surface area contributed by atoms with E-state index in [1.165, 1.54) is 6.07 Å². The number of hydrogen-bond donors (Lipinski definition) is 0. The molecule has 1 aliphatic heterocycles. The van der Waals surface area contributed by atoms with E-state index in [2.05, 4.69) is 0 Å². The van der Waals surface area contributed by atoms with Crippen LogP contribution in [0.1, 0.15) is 26.4 Å². The Morgan fingerprint density at radius 2 is 1.50 bits per heavy atom. The van der Waals surface area contributed by atoms with Crippen LogP contribution in [0.15, 0.2) is 78.9 Å². The predicted octanol–water partition coefficient (Wildman–Crippen LogP) is 5.85. The molecule has 0 saturated carbocycles. The molecule has 0 radical (unpaired) electrons. The van der Waals surface area contributed by atoms with Crippen molar-refractivity contribution in [3.8, 4) is 22.7 Å². The Bertz CT molecular complexity index is 1490. The van der Waals surface area contributed by atoms with Gasteiger partial charge in [0.15, 0.2) is 0 Å². The molecular formula is C30H27ClFN3O3. The van der Waals surface area contributed by atoms with Gasteiger partial charge in [-0.2, -0.15) is 0 Å². The number of amides is 2. The number of methoxy groups -OCH3 is 1. The fourth-order valence-corrected chi connectivity index (χ4v) is 4.95. The lowest BCUT2D eigenvalue weighted by atomic mass is 10.1. The van der Waals surface area contributed by atoms with Gasteiger partial charge in [-0.1, -0.05) is 35.9 Å². The minimum absolute atomic E-state index is 0.0871. The van der Waals surface area contributed by atoms with Gasteiger partial charge in [0.2, 0.25) is 0 Å². The summed E-state index contributed by atoms with van der Waals surface area (Å²) in [6, 6.07) is 22.6. The van der Waals surface area contributed by atoms with Crippen LogP contribution in [0.3, 0.4) is 0 Å². The summed E-state index contributed by atoms with van der Waals surface area (Å²) in [7, 11) is 1.59. The van der Waals surface area contributed by atoms with Crippen molar-refractivity contribution in [3.05, 3.63) is 107 Å². The number of carbonyl (C=O) groups excluding carboxylic acids is 2. The highest BCUT2D eigenvalue weighted by Crippen LogP contribution is 2.33. The van der Waals surface area contributed by atoms with Crippen LogP contribution >= 0.6 is 11.6 Å². The topological polar surface area (TPSA) is 54.8 Å². The van der Waals surface area contributed by atoms with E-state index in [1.807, 2.05) is 37.3 Å². The Morgan fingerprint density at radius 3 is 2.16 bits per heavy atom. The van der Waals surface area contributed by atoms with E-state index >= 15 is 0 Å². The minimum Gasteiger partial charge on any atom is -0.497 e. The lowest BCUT2D eigenvalue weighted by Crippen LogP contribution is -2.50.